The maximum Gasteiger partial charge on any atom is 0.225 e. The fourth-order valence-corrected chi connectivity index (χ4v) is 4.44. The van der Waals surface area contributed by atoms with Crippen molar-refractivity contribution >= 4 is 5.91 Å². The first-order valence-electron chi connectivity index (χ1n) is 9.65. The molecule has 1 N–H and O–H groups in total. The molecular weight excluding hydrogens is 300 g/mol. The quantitative estimate of drug-likeness (QED) is 0.906. The Bertz CT molecular complexity index is 597. The van der Waals surface area contributed by atoms with Crippen LogP contribution < -0.4 is 5.32 Å². The van der Waals surface area contributed by atoms with Crippen LogP contribution in [0.25, 0.3) is 0 Å². The van der Waals surface area contributed by atoms with Crippen molar-refractivity contribution in [3.05, 3.63) is 23.3 Å². The second kappa shape index (κ2) is 7.18. The Hall–Kier alpha value is -1.49. The lowest BCUT2D eigenvalue weighted by Crippen LogP contribution is -2.43. The summed E-state index contributed by atoms with van der Waals surface area (Å²) in [6.07, 6.45) is 11.1. The van der Waals surface area contributed by atoms with Gasteiger partial charge in [0.25, 0.3) is 0 Å². The molecule has 1 saturated carbocycles. The summed E-state index contributed by atoms with van der Waals surface area (Å²) < 4.78 is 0. The molecule has 24 heavy (non-hydrogen) atoms. The van der Waals surface area contributed by atoms with E-state index in [1.807, 2.05) is 6.20 Å². The molecule has 1 aromatic rings. The van der Waals surface area contributed by atoms with Crippen LogP contribution in [0, 0.1) is 5.92 Å². The Balaban J connectivity index is 1.45. The van der Waals surface area contributed by atoms with Crippen molar-refractivity contribution in [2.24, 2.45) is 5.92 Å². The lowest BCUT2D eigenvalue weighted by molar-refractivity contribution is -0.137. The topological polar surface area (TPSA) is 58.1 Å². The minimum atomic E-state index is 0.271. The first-order valence-corrected chi connectivity index (χ1v) is 9.65. The van der Waals surface area contributed by atoms with E-state index in [1.54, 1.807) is 0 Å². The average Bonchev–Trinajstić information content (AvgIpc) is 2.68. The van der Waals surface area contributed by atoms with E-state index < -0.39 is 0 Å². The van der Waals surface area contributed by atoms with Crippen LogP contribution >= 0.6 is 0 Å². The Morgan fingerprint density at radius 1 is 1.17 bits per heavy atom. The molecule has 0 unspecified atom stereocenters. The number of aromatic nitrogens is 2. The number of amides is 1. The largest absolute Gasteiger partial charge is 0.342 e. The SMILES string of the molecule is O=C(C1CCCCC1)N1CCC[C@H](c2ncc3c(n2)CCNC3)C1. The van der Waals surface area contributed by atoms with Crippen molar-refractivity contribution in [2.75, 3.05) is 19.6 Å². The van der Waals surface area contributed by atoms with E-state index >= 15 is 0 Å². The van der Waals surface area contributed by atoms with Crippen molar-refractivity contribution in [3.63, 3.8) is 0 Å². The predicted molar refractivity (Wildman–Crippen MR) is 92.6 cm³/mol. The van der Waals surface area contributed by atoms with Gasteiger partial charge in [0.05, 0.1) is 0 Å². The number of carbonyl (C=O) groups is 1. The Morgan fingerprint density at radius 2 is 2.04 bits per heavy atom. The van der Waals surface area contributed by atoms with Crippen LogP contribution in [0.15, 0.2) is 6.20 Å². The zero-order valence-electron chi connectivity index (χ0n) is 14.5. The number of likely N-dealkylation sites (tertiary alicyclic amines) is 1. The Labute approximate surface area is 144 Å². The summed E-state index contributed by atoms with van der Waals surface area (Å²) >= 11 is 0. The van der Waals surface area contributed by atoms with E-state index in [-0.39, 0.29) is 5.92 Å². The van der Waals surface area contributed by atoms with Gasteiger partial charge in [-0.1, -0.05) is 19.3 Å². The Morgan fingerprint density at radius 3 is 2.92 bits per heavy atom. The standard InChI is InChI=1S/C19H28N4O/c24-19(14-5-2-1-3-6-14)23-10-4-7-15(13-23)18-21-12-16-11-20-9-8-17(16)22-18/h12,14-15,20H,1-11,13H2/t15-/m0/s1. The summed E-state index contributed by atoms with van der Waals surface area (Å²) in [6.45, 7) is 3.61. The molecule has 1 aliphatic carbocycles. The van der Waals surface area contributed by atoms with Gasteiger partial charge in [0.15, 0.2) is 0 Å². The minimum absolute atomic E-state index is 0.271. The highest BCUT2D eigenvalue weighted by Crippen LogP contribution is 2.30. The lowest BCUT2D eigenvalue weighted by atomic mass is 9.87. The summed E-state index contributed by atoms with van der Waals surface area (Å²) in [6, 6.07) is 0. The first-order chi connectivity index (χ1) is 11.8. The van der Waals surface area contributed by atoms with Gasteiger partial charge in [-0.05, 0) is 25.7 Å². The smallest absolute Gasteiger partial charge is 0.225 e. The van der Waals surface area contributed by atoms with Crippen molar-refractivity contribution in [2.45, 2.75) is 63.8 Å². The fraction of sp³-hybridized carbons (Fsp3) is 0.737. The maximum atomic E-state index is 12.8. The van der Waals surface area contributed by atoms with Gasteiger partial charge in [0.1, 0.15) is 5.82 Å². The number of nitrogens with zero attached hydrogens (tertiary/aromatic N) is 3. The normalized spacial score (nSPS) is 25.3. The number of hydrogen-bond acceptors (Lipinski definition) is 4. The van der Waals surface area contributed by atoms with Crippen molar-refractivity contribution < 1.29 is 4.79 Å². The molecule has 1 atom stereocenters. The summed E-state index contributed by atoms with van der Waals surface area (Å²) in [5.74, 6) is 1.93. The van der Waals surface area contributed by atoms with E-state index in [2.05, 4.69) is 15.2 Å². The van der Waals surface area contributed by atoms with E-state index in [0.29, 0.717) is 11.8 Å². The molecule has 0 bridgehead atoms. The second-order valence-corrected chi connectivity index (χ2v) is 7.59. The Kier molecular flexibility index (Phi) is 4.79. The van der Waals surface area contributed by atoms with Crippen LogP contribution in [-0.4, -0.2) is 40.4 Å². The third kappa shape index (κ3) is 3.32. The molecule has 2 fully saturated rings. The van der Waals surface area contributed by atoms with E-state index in [4.69, 9.17) is 4.98 Å². The van der Waals surface area contributed by atoms with Gasteiger partial charge in [-0.2, -0.15) is 0 Å². The molecule has 5 nitrogen and oxygen atoms in total. The monoisotopic (exact) mass is 328 g/mol. The molecule has 1 saturated heterocycles. The molecule has 5 heteroatoms. The highest BCUT2D eigenvalue weighted by atomic mass is 16.2. The van der Waals surface area contributed by atoms with Gasteiger partial charge in [-0.3, -0.25) is 4.79 Å². The van der Waals surface area contributed by atoms with Crippen molar-refractivity contribution in [3.8, 4) is 0 Å². The summed E-state index contributed by atoms with van der Waals surface area (Å²) in [4.78, 5) is 24.4. The van der Waals surface area contributed by atoms with E-state index in [9.17, 15) is 4.79 Å². The number of nitrogens with one attached hydrogen (secondary N) is 1. The molecule has 0 radical (unpaired) electrons. The fourth-order valence-electron chi connectivity index (χ4n) is 4.44. The number of fused-ring (bicyclic) bond motifs is 1. The molecule has 4 rings (SSSR count). The van der Waals surface area contributed by atoms with Gasteiger partial charge >= 0.3 is 0 Å². The molecule has 130 valence electrons. The third-order valence-corrected chi connectivity index (χ3v) is 5.88. The molecular formula is C19H28N4O. The number of carbonyl (C=O) groups excluding carboxylic acids is 1. The second-order valence-electron chi connectivity index (χ2n) is 7.59. The lowest BCUT2D eigenvalue weighted by Gasteiger charge is -2.35. The van der Waals surface area contributed by atoms with E-state index in [0.717, 1.165) is 64.1 Å². The van der Waals surface area contributed by atoms with Gasteiger partial charge in [-0.15, -0.1) is 0 Å². The van der Waals surface area contributed by atoms with Crippen molar-refractivity contribution in [1.29, 1.82) is 0 Å². The average molecular weight is 328 g/mol. The molecule has 2 aliphatic heterocycles. The number of hydrogen-bond donors (Lipinski definition) is 1. The van der Waals surface area contributed by atoms with Crippen LogP contribution in [0.5, 0.6) is 0 Å². The summed E-state index contributed by atoms with van der Waals surface area (Å²) in [5.41, 5.74) is 2.44. The molecule has 3 aliphatic rings. The molecule has 1 amide bonds. The zero-order chi connectivity index (χ0) is 16.4. The molecule has 0 aromatic carbocycles. The molecule has 0 spiro atoms. The van der Waals surface area contributed by atoms with Crippen LogP contribution in [0.2, 0.25) is 0 Å². The minimum Gasteiger partial charge on any atom is -0.342 e. The van der Waals surface area contributed by atoms with Crippen LogP contribution in [0.1, 0.15) is 67.9 Å². The van der Waals surface area contributed by atoms with Gasteiger partial charge in [-0.25, -0.2) is 9.97 Å². The third-order valence-electron chi connectivity index (χ3n) is 5.88. The van der Waals surface area contributed by atoms with Crippen LogP contribution in [-0.2, 0) is 17.8 Å². The molecule has 3 heterocycles. The van der Waals surface area contributed by atoms with Crippen molar-refractivity contribution in [1.82, 2.24) is 20.2 Å². The highest BCUT2D eigenvalue weighted by Gasteiger charge is 2.31. The van der Waals surface area contributed by atoms with E-state index in [1.165, 1.54) is 30.5 Å². The van der Waals surface area contributed by atoms with Gasteiger partial charge in [0.2, 0.25) is 5.91 Å². The van der Waals surface area contributed by atoms with Crippen LogP contribution in [0.4, 0.5) is 0 Å². The summed E-state index contributed by atoms with van der Waals surface area (Å²) in [5, 5.41) is 3.37. The summed E-state index contributed by atoms with van der Waals surface area (Å²) in [7, 11) is 0. The maximum absolute atomic E-state index is 12.8. The van der Waals surface area contributed by atoms with Gasteiger partial charge < -0.3 is 10.2 Å². The first kappa shape index (κ1) is 16.0. The zero-order valence-corrected chi connectivity index (χ0v) is 14.5. The van der Waals surface area contributed by atoms with Gasteiger partial charge in [0, 0.05) is 61.9 Å². The van der Waals surface area contributed by atoms with Crippen LogP contribution in [0.3, 0.4) is 0 Å². The highest BCUT2D eigenvalue weighted by molar-refractivity contribution is 5.79. The predicted octanol–water partition coefficient (Wildman–Crippen LogP) is 2.41. The number of rotatable bonds is 2. The number of piperidine rings is 1. The molecule has 1 aromatic heterocycles.